The average molecular weight is 2240 g/mol. The zero-order valence-corrected chi connectivity index (χ0v) is 93.5. The van der Waals surface area contributed by atoms with Crippen LogP contribution in [-0.4, -0.2) is 133 Å². The quantitative estimate of drug-likeness (QED) is 0.0245. The predicted octanol–water partition coefficient (Wildman–Crippen LogP) is 23.8. The second-order valence-corrected chi connectivity index (χ2v) is 70.4. The zero-order chi connectivity index (χ0) is 95.9. The number of nitrogens with zero attached hydrogens (tertiary/aromatic N) is 6. The van der Waals surface area contributed by atoms with Crippen LogP contribution in [0, 0.1) is 54.0 Å². The molecule has 0 fully saturated rings. The molecule has 0 saturated carbocycles. The largest absolute Gasteiger partial charge is 3.00 e. The van der Waals surface area contributed by atoms with E-state index in [1.54, 1.807) is 6.92 Å². The van der Waals surface area contributed by atoms with Crippen molar-refractivity contribution in [2.24, 2.45) is 23.7 Å². The van der Waals surface area contributed by atoms with Crippen LogP contribution in [0.3, 0.4) is 0 Å². The monoisotopic (exact) mass is 2240 g/mol. The third kappa shape index (κ3) is 44.0. The van der Waals surface area contributed by atoms with E-state index in [4.69, 9.17) is 28.3 Å². The van der Waals surface area contributed by atoms with E-state index in [1.807, 2.05) is 128 Å². The van der Waals surface area contributed by atoms with E-state index in [-0.39, 0.29) is 54.2 Å². The van der Waals surface area contributed by atoms with E-state index < -0.39 is 64.1 Å². The molecule has 12 nitrogen and oxygen atoms in total. The molecule has 6 heterocycles. The number of alkyl halides is 3. The van der Waals surface area contributed by atoms with Crippen LogP contribution in [0.1, 0.15) is 92.0 Å². The van der Waals surface area contributed by atoms with Crippen molar-refractivity contribution in [2.75, 3.05) is 20.8 Å². The fraction of sp³-hybridized carbons (Fsp3) is 0.377. The van der Waals surface area contributed by atoms with Crippen molar-refractivity contribution in [3.63, 3.8) is 0 Å². The predicted molar refractivity (Wildman–Crippen MR) is 558 cm³/mol. The summed E-state index contributed by atoms with van der Waals surface area (Å²) in [6.45, 7) is 62.9. The van der Waals surface area contributed by atoms with Crippen LogP contribution < -0.4 is 31.1 Å². The number of rotatable bonds is 20. The normalized spacial score (nSPS) is 11.2. The summed E-state index contributed by atoms with van der Waals surface area (Å²) in [6.07, 6.45) is 17.0. The summed E-state index contributed by atoms with van der Waals surface area (Å²) in [5.41, 5.74) is 13.2. The molecule has 12 rings (SSSR count). The molecule has 0 atom stereocenters. The second-order valence-electron chi connectivity index (χ2n) is 38.6. The second kappa shape index (κ2) is 58.5. The zero-order valence-electron chi connectivity index (χ0n) is 81.9. The number of aliphatic hydroxyl groups is 3. The molecule has 6 aromatic carbocycles. The van der Waals surface area contributed by atoms with Gasteiger partial charge in [0.15, 0.2) is 0 Å². The summed E-state index contributed by atoms with van der Waals surface area (Å²) >= 11 is 0. The van der Waals surface area contributed by atoms with Gasteiger partial charge in [0.2, 0.25) is 0 Å². The number of halogens is 3. The molecular formula is C106H148F3Ir2N6O6SSi6-2. The van der Waals surface area contributed by atoms with Gasteiger partial charge in [0.25, 0.3) is 0 Å². The van der Waals surface area contributed by atoms with Crippen molar-refractivity contribution in [1.29, 1.82) is 0 Å². The molecule has 4 N–H and O–H groups in total. The summed E-state index contributed by atoms with van der Waals surface area (Å²) in [7, 11) is -11.7. The van der Waals surface area contributed by atoms with Crippen molar-refractivity contribution >= 4 is 89.7 Å². The number of aliphatic hydroxyl groups excluding tert-OH is 3. The van der Waals surface area contributed by atoms with Crippen molar-refractivity contribution in [3.05, 3.63) is 290 Å². The maximum absolute atomic E-state index is 10.7. The fourth-order valence-corrected chi connectivity index (χ4v) is 21.5. The molecule has 0 aliphatic carbocycles. The van der Waals surface area contributed by atoms with E-state index in [2.05, 4.69) is 343 Å². The van der Waals surface area contributed by atoms with E-state index in [0.717, 1.165) is 102 Å². The van der Waals surface area contributed by atoms with E-state index in [1.165, 1.54) is 58.9 Å². The summed E-state index contributed by atoms with van der Waals surface area (Å²) < 4.78 is 57.5. The van der Waals surface area contributed by atoms with Crippen LogP contribution in [0.25, 0.3) is 67.5 Å². The molecule has 0 amide bonds. The molecule has 0 unspecified atom stereocenters. The summed E-state index contributed by atoms with van der Waals surface area (Å²) in [5.74, 6) is 2.67. The number of hydrogen-bond donors (Lipinski definition) is 4. The first kappa shape index (κ1) is 122. The van der Waals surface area contributed by atoms with Crippen LogP contribution >= 0.6 is 0 Å². The number of pyridine rings is 6. The Hall–Kier alpha value is -7.60. The van der Waals surface area contributed by atoms with Gasteiger partial charge in [-0.1, -0.05) is 276 Å². The SMILES string of the molecule is C.CC(C)Cc1cc(-c2[c-]cccc2)ncc1[Si](C)(C)C.CC(C)Cc1cc(-c2[c-]cccc2)ncc1[Si](C)(C)C.CC(C)Cc1cc(-c2[c-]cccc2)ncc1[Si](C)(C)C.CC(C)Cc1cc(-c2[c-]cccc2)ncc1[Si](C)(C)C.CCO.CO.CO.C[Si](C)(C)c1ccc(-c2[c-]cccc2)nc1.C[Si](C)(C)c1ccc(-c2ccccc2)nc1.O=S(=O)(O)C(F)(F)F.[Ir+3].[Ir]. The van der Waals surface area contributed by atoms with Crippen molar-refractivity contribution < 1.29 is 81.7 Å². The minimum Gasteiger partial charge on any atom is -0.400 e. The molecule has 0 aliphatic heterocycles. The van der Waals surface area contributed by atoms with Crippen molar-refractivity contribution in [2.45, 2.75) is 219 Å². The van der Waals surface area contributed by atoms with Gasteiger partial charge in [-0.2, -0.15) is 21.6 Å². The van der Waals surface area contributed by atoms with Crippen molar-refractivity contribution in [3.8, 4) is 67.5 Å². The average Bonchev–Trinajstić information content (AvgIpc) is 0.806. The van der Waals surface area contributed by atoms with E-state index >= 15 is 0 Å². The van der Waals surface area contributed by atoms with Crippen molar-refractivity contribution in [1.82, 2.24) is 29.9 Å². The Morgan fingerprint density at radius 3 is 0.700 bits per heavy atom. The van der Waals surface area contributed by atoms with E-state index in [9.17, 15) is 13.2 Å². The molecular weight excluding hydrogens is 2100 g/mol. The minimum absolute atomic E-state index is 0. The molecule has 0 aliphatic rings. The fourth-order valence-electron chi connectivity index (χ4n) is 13.1. The van der Waals surface area contributed by atoms with Gasteiger partial charge >= 0.3 is 35.7 Å². The number of aromatic nitrogens is 6. The van der Waals surface area contributed by atoms with Gasteiger partial charge in [-0.05, 0) is 122 Å². The third-order valence-electron chi connectivity index (χ3n) is 19.2. The minimum atomic E-state index is -5.84. The molecule has 130 heavy (non-hydrogen) atoms. The standard InChI is InChI=1S/4C18H24NSi.C14H17NSi.C14H16NSi.C2H6O.CHF3O3S.2CH4O.CH4.2Ir/c4*1-14(2)11-16-12-17(15-9-7-6-8-10-15)19-13-18(16)20(3,4)5;2*1-16(2,3)13-9-10-14(15-11-13)12-7-5-4-6-8-12;1-2-3;2-1(3,4)8(5,6)7;2*1-2;;;/h4*6-9,12-14H,11H2,1-5H3;4-11H,1-3H3;4-7,9-11H,1-3H3;3H,2H2,1H3;(H,5,6,7);2*2H,1H3;1H4;;/q4*-1;;-1;;;;;;;+3. The van der Waals surface area contributed by atoms with Gasteiger partial charge in [-0.3, -0.25) is 9.54 Å². The molecule has 0 bridgehead atoms. The number of benzene rings is 6. The molecule has 12 aromatic rings. The first-order valence-electron chi connectivity index (χ1n) is 43.7. The topological polar surface area (TPSA) is 192 Å². The smallest absolute Gasteiger partial charge is 0.400 e. The van der Waals surface area contributed by atoms with Gasteiger partial charge in [-0.15, -0.1) is 179 Å². The summed E-state index contributed by atoms with van der Waals surface area (Å²) in [6, 6.07) is 84.6. The van der Waals surface area contributed by atoms with Gasteiger partial charge < -0.3 is 40.2 Å². The van der Waals surface area contributed by atoms with Gasteiger partial charge in [0.05, 0.1) is 54.1 Å². The Morgan fingerprint density at radius 2 is 0.531 bits per heavy atom. The van der Waals surface area contributed by atoms with Crippen LogP contribution in [0.15, 0.2) is 237 Å². The molecule has 24 heteroatoms. The van der Waals surface area contributed by atoms with Crippen LogP contribution in [0.5, 0.6) is 0 Å². The molecule has 709 valence electrons. The molecule has 6 aromatic heterocycles. The Balaban J connectivity index is 0.00000148. The first-order chi connectivity index (χ1) is 59.3. The Morgan fingerprint density at radius 1 is 0.331 bits per heavy atom. The summed E-state index contributed by atoms with van der Waals surface area (Å²) in [5, 5.41) is 30.3. The summed E-state index contributed by atoms with van der Waals surface area (Å²) in [4.78, 5) is 27.8. The number of hydrogen-bond acceptors (Lipinski definition) is 11. The van der Waals surface area contributed by atoms with Gasteiger partial charge in [0.1, 0.15) is 0 Å². The Labute approximate surface area is 815 Å². The third-order valence-corrected chi connectivity index (χ3v) is 32.2. The Bertz CT molecular complexity index is 4720. The van der Waals surface area contributed by atoms with E-state index in [0.29, 0.717) is 23.7 Å². The maximum Gasteiger partial charge on any atom is 3.00 e. The van der Waals surface area contributed by atoms with Crippen LogP contribution in [-0.2, 0) is 76.0 Å². The van der Waals surface area contributed by atoms with Crippen LogP contribution in [0.4, 0.5) is 13.2 Å². The van der Waals surface area contributed by atoms with Gasteiger partial charge in [-0.25, -0.2) is 0 Å². The molecule has 0 spiro atoms. The maximum atomic E-state index is 10.7. The van der Waals surface area contributed by atoms with Crippen LogP contribution in [0.2, 0.25) is 118 Å². The molecule has 1 radical (unpaired) electrons. The van der Waals surface area contributed by atoms with Gasteiger partial charge in [0, 0.05) is 83.7 Å². The first-order valence-corrected chi connectivity index (χ1v) is 66.1. The molecule has 0 saturated heterocycles. The Kier molecular flexibility index (Phi) is 55.1.